The summed E-state index contributed by atoms with van der Waals surface area (Å²) >= 11 is 0. The molecule has 8 atom stereocenters. The number of carbonyl (C=O) groups excluding carboxylic acids is 4. The SMILES string of the molecule is C=C1C(=O)O[C@@H]2[C@@H](C)[C@@H]3[C@H](O)CC(=O)[C@@]3(C)[C@@H](OC(=O)/C(C)=C\C)[C@H]1[C@@H]2OC(C)=O. The lowest BCUT2D eigenvalue weighted by Gasteiger charge is -2.42. The second-order valence-corrected chi connectivity index (χ2v) is 8.65. The van der Waals surface area contributed by atoms with Crippen molar-refractivity contribution in [2.24, 2.45) is 23.2 Å². The number of allylic oxidation sites excluding steroid dienone is 1. The Kier molecular flexibility index (Phi) is 5.66. The number of ether oxygens (including phenoxy) is 3. The summed E-state index contributed by atoms with van der Waals surface area (Å²) in [5, 5.41) is 10.7. The van der Waals surface area contributed by atoms with Crippen LogP contribution in [-0.2, 0) is 33.4 Å². The van der Waals surface area contributed by atoms with Crippen LogP contribution in [0.15, 0.2) is 23.8 Å². The minimum atomic E-state index is -1.31. The van der Waals surface area contributed by atoms with Crippen LogP contribution in [0.4, 0.5) is 0 Å². The van der Waals surface area contributed by atoms with Gasteiger partial charge in [0.2, 0.25) is 0 Å². The van der Waals surface area contributed by atoms with Crippen molar-refractivity contribution in [3.8, 4) is 0 Å². The molecule has 164 valence electrons. The number of esters is 3. The van der Waals surface area contributed by atoms with Crippen molar-refractivity contribution >= 4 is 23.7 Å². The molecule has 1 saturated heterocycles. The summed E-state index contributed by atoms with van der Waals surface area (Å²) < 4.78 is 16.9. The van der Waals surface area contributed by atoms with Crippen molar-refractivity contribution in [3.05, 3.63) is 23.8 Å². The Bertz CT molecular complexity index is 842. The van der Waals surface area contributed by atoms with E-state index in [0.29, 0.717) is 5.57 Å². The molecule has 0 aromatic carbocycles. The Morgan fingerprint density at radius 3 is 2.47 bits per heavy atom. The van der Waals surface area contributed by atoms with Gasteiger partial charge in [0.1, 0.15) is 24.1 Å². The monoisotopic (exact) mass is 420 g/mol. The molecular formula is C22H28O8. The van der Waals surface area contributed by atoms with Crippen molar-refractivity contribution in [2.45, 2.75) is 65.5 Å². The van der Waals surface area contributed by atoms with Crippen LogP contribution in [0.25, 0.3) is 0 Å². The topological polar surface area (TPSA) is 116 Å². The highest BCUT2D eigenvalue weighted by Gasteiger charge is 2.68. The lowest BCUT2D eigenvalue weighted by Crippen LogP contribution is -2.54. The van der Waals surface area contributed by atoms with Gasteiger partial charge in [0.25, 0.3) is 0 Å². The Hall–Kier alpha value is -2.48. The van der Waals surface area contributed by atoms with E-state index < -0.39 is 65.5 Å². The smallest absolute Gasteiger partial charge is 0.334 e. The molecule has 8 nitrogen and oxygen atoms in total. The molecule has 2 saturated carbocycles. The van der Waals surface area contributed by atoms with Gasteiger partial charge in [-0.2, -0.15) is 0 Å². The second-order valence-electron chi connectivity index (χ2n) is 8.65. The summed E-state index contributed by atoms with van der Waals surface area (Å²) in [7, 11) is 0. The van der Waals surface area contributed by atoms with E-state index in [9.17, 15) is 24.3 Å². The molecule has 2 bridgehead atoms. The van der Waals surface area contributed by atoms with E-state index in [1.165, 1.54) is 6.92 Å². The number of fused-ring (bicyclic) bond motifs is 3. The standard InChI is InChI=1S/C22H28O8/c1-7-9(2)20(26)30-19-15-10(3)21(27)29-17(18(15)28-12(5)23)11(4)16-13(24)8-14(25)22(16,19)6/h7,11,13,15-19,24H,3,8H2,1-2,4-6H3/b9-7-/t11-,13+,15+,16+,17+,18-,19-,22+/m0/s1. The molecule has 3 aliphatic rings. The number of rotatable bonds is 3. The molecule has 1 heterocycles. The number of aliphatic hydroxyl groups is 1. The van der Waals surface area contributed by atoms with Gasteiger partial charge in [0.15, 0.2) is 0 Å². The average Bonchev–Trinajstić information content (AvgIpc) is 2.87. The number of hydrogen-bond donors (Lipinski definition) is 1. The van der Waals surface area contributed by atoms with Gasteiger partial charge in [-0.05, 0) is 20.8 Å². The number of ketones is 1. The first-order valence-electron chi connectivity index (χ1n) is 10.1. The fourth-order valence-corrected chi connectivity index (χ4v) is 5.37. The van der Waals surface area contributed by atoms with E-state index in [0.717, 1.165) is 0 Å². The van der Waals surface area contributed by atoms with Gasteiger partial charge in [-0.3, -0.25) is 9.59 Å². The highest BCUT2D eigenvalue weighted by Crippen LogP contribution is 2.57. The van der Waals surface area contributed by atoms with Gasteiger partial charge in [-0.1, -0.05) is 19.6 Å². The van der Waals surface area contributed by atoms with Crippen molar-refractivity contribution < 1.29 is 38.5 Å². The maximum atomic E-state index is 13.1. The summed E-state index contributed by atoms with van der Waals surface area (Å²) in [6.07, 6.45) is -2.59. The van der Waals surface area contributed by atoms with Crippen LogP contribution in [0.5, 0.6) is 0 Å². The number of aliphatic hydroxyl groups excluding tert-OH is 1. The van der Waals surface area contributed by atoms with Crippen molar-refractivity contribution in [3.63, 3.8) is 0 Å². The third-order valence-electron chi connectivity index (χ3n) is 6.98. The van der Waals surface area contributed by atoms with Gasteiger partial charge in [-0.15, -0.1) is 0 Å². The van der Waals surface area contributed by atoms with Crippen LogP contribution in [0.1, 0.15) is 41.0 Å². The maximum Gasteiger partial charge on any atom is 0.334 e. The molecule has 0 aromatic rings. The van der Waals surface area contributed by atoms with Crippen LogP contribution < -0.4 is 0 Å². The average molecular weight is 420 g/mol. The number of hydrogen-bond acceptors (Lipinski definition) is 8. The van der Waals surface area contributed by atoms with E-state index in [1.807, 2.05) is 0 Å². The Morgan fingerprint density at radius 1 is 1.27 bits per heavy atom. The third kappa shape index (κ3) is 3.17. The minimum absolute atomic E-state index is 0.0308. The first-order chi connectivity index (χ1) is 13.9. The largest absolute Gasteiger partial charge is 0.458 e. The molecule has 0 aromatic heterocycles. The molecule has 8 heteroatoms. The summed E-state index contributed by atoms with van der Waals surface area (Å²) in [5.41, 5.74) is -1.02. The Labute approximate surface area is 175 Å². The number of carbonyl (C=O) groups is 4. The Morgan fingerprint density at radius 2 is 1.90 bits per heavy atom. The van der Waals surface area contributed by atoms with Crippen molar-refractivity contribution in [1.29, 1.82) is 0 Å². The van der Waals surface area contributed by atoms with E-state index in [1.54, 1.807) is 33.8 Å². The normalized spacial score (nSPS) is 40.9. The maximum absolute atomic E-state index is 13.1. The Balaban J connectivity index is 2.23. The molecule has 3 fully saturated rings. The zero-order valence-corrected chi connectivity index (χ0v) is 17.8. The van der Waals surface area contributed by atoms with Crippen LogP contribution in [0.2, 0.25) is 0 Å². The van der Waals surface area contributed by atoms with E-state index in [-0.39, 0.29) is 17.8 Å². The first-order valence-corrected chi connectivity index (χ1v) is 10.1. The summed E-state index contributed by atoms with van der Waals surface area (Å²) in [6, 6.07) is 0. The molecule has 0 radical (unpaired) electrons. The van der Waals surface area contributed by atoms with Gasteiger partial charge >= 0.3 is 17.9 Å². The summed E-state index contributed by atoms with van der Waals surface area (Å²) in [6.45, 7) is 11.7. The fourth-order valence-electron chi connectivity index (χ4n) is 5.37. The van der Waals surface area contributed by atoms with Crippen LogP contribution >= 0.6 is 0 Å². The molecule has 3 rings (SSSR count). The zero-order chi connectivity index (χ0) is 22.5. The summed E-state index contributed by atoms with van der Waals surface area (Å²) in [4.78, 5) is 50.3. The summed E-state index contributed by atoms with van der Waals surface area (Å²) in [5.74, 6) is -4.41. The molecule has 2 aliphatic carbocycles. The van der Waals surface area contributed by atoms with Gasteiger partial charge in [-0.25, -0.2) is 9.59 Å². The molecule has 1 N–H and O–H groups in total. The number of Topliss-reactive ketones (excluding diaryl/α,β-unsaturated/α-hetero) is 1. The van der Waals surface area contributed by atoms with Crippen LogP contribution in [0, 0.1) is 23.2 Å². The van der Waals surface area contributed by atoms with Gasteiger partial charge < -0.3 is 19.3 Å². The minimum Gasteiger partial charge on any atom is -0.458 e. The highest BCUT2D eigenvalue weighted by atomic mass is 16.6. The highest BCUT2D eigenvalue weighted by molar-refractivity contribution is 5.94. The van der Waals surface area contributed by atoms with E-state index >= 15 is 0 Å². The van der Waals surface area contributed by atoms with Crippen LogP contribution in [-0.4, -0.2) is 53.2 Å². The lowest BCUT2D eigenvalue weighted by atomic mass is 9.67. The molecule has 1 aliphatic heterocycles. The predicted octanol–water partition coefficient (Wildman–Crippen LogP) is 1.50. The molecular weight excluding hydrogens is 392 g/mol. The molecule has 0 unspecified atom stereocenters. The third-order valence-corrected chi connectivity index (χ3v) is 6.98. The molecule has 0 spiro atoms. The lowest BCUT2D eigenvalue weighted by molar-refractivity contribution is -0.188. The first kappa shape index (κ1) is 22.2. The van der Waals surface area contributed by atoms with Gasteiger partial charge in [0.05, 0.1) is 17.4 Å². The predicted molar refractivity (Wildman–Crippen MR) is 104 cm³/mol. The van der Waals surface area contributed by atoms with Crippen molar-refractivity contribution in [1.82, 2.24) is 0 Å². The van der Waals surface area contributed by atoms with Gasteiger partial charge in [0, 0.05) is 36.3 Å². The fraction of sp³-hybridized carbons (Fsp3) is 0.636. The van der Waals surface area contributed by atoms with Crippen LogP contribution in [0.3, 0.4) is 0 Å². The molecule has 0 amide bonds. The quantitative estimate of drug-likeness (QED) is 0.415. The molecule has 30 heavy (non-hydrogen) atoms. The van der Waals surface area contributed by atoms with E-state index in [2.05, 4.69) is 6.58 Å². The zero-order valence-electron chi connectivity index (χ0n) is 17.8. The van der Waals surface area contributed by atoms with E-state index in [4.69, 9.17) is 14.2 Å². The van der Waals surface area contributed by atoms with Crippen molar-refractivity contribution in [2.75, 3.05) is 0 Å². The second kappa shape index (κ2) is 7.65.